The van der Waals surface area contributed by atoms with Crippen LogP contribution >= 0.6 is 0 Å². The lowest BCUT2D eigenvalue weighted by Gasteiger charge is -2.11. The Kier molecular flexibility index (Phi) is 6.29. The van der Waals surface area contributed by atoms with E-state index in [1.165, 1.54) is 6.07 Å². The van der Waals surface area contributed by atoms with Gasteiger partial charge in [-0.15, -0.1) is 0 Å². The van der Waals surface area contributed by atoms with Crippen molar-refractivity contribution in [2.24, 2.45) is 0 Å². The number of hydrogen-bond acceptors (Lipinski definition) is 5. The molecule has 0 aliphatic rings. The van der Waals surface area contributed by atoms with Crippen LogP contribution in [0.25, 0.3) is 0 Å². The van der Waals surface area contributed by atoms with E-state index >= 15 is 0 Å². The number of nitro benzene ring substituents is 1. The van der Waals surface area contributed by atoms with E-state index in [9.17, 15) is 23.3 Å². The van der Waals surface area contributed by atoms with Gasteiger partial charge < -0.3 is 5.32 Å². The second-order valence-electron chi connectivity index (χ2n) is 6.02. The molecule has 2 rings (SSSR count). The third-order valence-corrected chi connectivity index (χ3v) is 5.65. The highest BCUT2D eigenvalue weighted by Gasteiger charge is 2.22. The van der Waals surface area contributed by atoms with E-state index in [4.69, 9.17) is 0 Å². The van der Waals surface area contributed by atoms with Crippen LogP contribution in [0.3, 0.4) is 0 Å². The molecule has 2 N–H and O–H groups in total. The first-order chi connectivity index (χ1) is 12.7. The first-order valence-electron chi connectivity index (χ1n) is 8.28. The summed E-state index contributed by atoms with van der Waals surface area (Å²) in [5.74, 6) is -0.202. The predicted octanol–water partition coefficient (Wildman–Crippen LogP) is 2.44. The van der Waals surface area contributed by atoms with Gasteiger partial charge in [0.25, 0.3) is 11.6 Å². The number of sulfonamides is 1. The Morgan fingerprint density at radius 3 is 2.33 bits per heavy atom. The summed E-state index contributed by atoms with van der Waals surface area (Å²) < 4.78 is 27.7. The predicted molar refractivity (Wildman–Crippen MR) is 101 cm³/mol. The number of nitro groups is 1. The molecule has 27 heavy (non-hydrogen) atoms. The summed E-state index contributed by atoms with van der Waals surface area (Å²) in [6, 6.07) is 8.92. The van der Waals surface area contributed by atoms with Crippen molar-refractivity contribution in [1.29, 1.82) is 0 Å². The number of rotatable bonds is 7. The highest BCUT2D eigenvalue weighted by molar-refractivity contribution is 7.89. The Morgan fingerprint density at radius 2 is 1.78 bits per heavy atom. The maximum Gasteiger partial charge on any atom is 0.271 e. The van der Waals surface area contributed by atoms with E-state index in [1.54, 1.807) is 38.1 Å². The summed E-state index contributed by atoms with van der Waals surface area (Å²) in [7, 11) is -3.94. The van der Waals surface area contributed by atoms with Gasteiger partial charge in [-0.05, 0) is 49.6 Å². The van der Waals surface area contributed by atoms with Gasteiger partial charge in [-0.3, -0.25) is 14.9 Å². The molecular formula is C18H21N3O5S. The van der Waals surface area contributed by atoms with Gasteiger partial charge in [0.05, 0.1) is 9.82 Å². The minimum Gasteiger partial charge on any atom is -0.352 e. The Hall–Kier alpha value is -2.78. The fraction of sp³-hybridized carbons (Fsp3) is 0.278. The molecule has 8 nitrogen and oxygen atoms in total. The summed E-state index contributed by atoms with van der Waals surface area (Å²) in [5.41, 5.74) is 1.85. The van der Waals surface area contributed by atoms with Gasteiger partial charge in [0.2, 0.25) is 10.0 Å². The largest absolute Gasteiger partial charge is 0.352 e. The normalized spacial score (nSPS) is 11.2. The van der Waals surface area contributed by atoms with Crippen LogP contribution in [0.4, 0.5) is 5.69 Å². The van der Waals surface area contributed by atoms with Gasteiger partial charge in [-0.1, -0.05) is 12.1 Å². The highest BCUT2D eigenvalue weighted by atomic mass is 32.2. The smallest absolute Gasteiger partial charge is 0.271 e. The van der Waals surface area contributed by atoms with Gasteiger partial charge in [-0.25, -0.2) is 13.1 Å². The fourth-order valence-electron chi connectivity index (χ4n) is 2.49. The number of nitrogens with zero attached hydrogens (tertiary/aromatic N) is 1. The minimum atomic E-state index is -3.94. The molecule has 2 aromatic carbocycles. The lowest BCUT2D eigenvalue weighted by molar-refractivity contribution is -0.385. The van der Waals surface area contributed by atoms with E-state index in [-0.39, 0.29) is 23.0 Å². The van der Waals surface area contributed by atoms with Gasteiger partial charge >= 0.3 is 0 Å². The van der Waals surface area contributed by atoms with Crippen LogP contribution in [-0.2, 0) is 16.6 Å². The zero-order valence-corrected chi connectivity index (χ0v) is 16.1. The molecule has 0 fully saturated rings. The minimum absolute atomic E-state index is 0.000804. The van der Waals surface area contributed by atoms with Gasteiger partial charge in [-0.2, -0.15) is 0 Å². The van der Waals surface area contributed by atoms with Crippen molar-refractivity contribution in [2.45, 2.75) is 32.2 Å². The van der Waals surface area contributed by atoms with Crippen molar-refractivity contribution in [2.75, 3.05) is 6.54 Å². The van der Waals surface area contributed by atoms with Crippen LogP contribution in [0.1, 0.15) is 34.0 Å². The molecular weight excluding hydrogens is 370 g/mol. The molecule has 0 bridgehead atoms. The zero-order valence-electron chi connectivity index (χ0n) is 15.3. The standard InChI is InChI=1S/C18H21N3O5S/c1-4-19-18(22)15-7-5-14(6-8-15)11-20-27(25,26)17-10-16(21(23)24)9-12(2)13(17)3/h5-10,20H,4,11H2,1-3H3,(H,19,22). The molecule has 0 spiro atoms. The number of carbonyl (C=O) groups is 1. The van der Waals surface area contributed by atoms with E-state index in [2.05, 4.69) is 10.0 Å². The number of carbonyl (C=O) groups excluding carboxylic acids is 1. The number of non-ortho nitro benzene ring substituents is 1. The number of nitrogens with one attached hydrogen (secondary N) is 2. The summed E-state index contributed by atoms with van der Waals surface area (Å²) in [4.78, 5) is 22.0. The molecule has 0 radical (unpaired) electrons. The molecule has 0 heterocycles. The number of aryl methyl sites for hydroxylation is 1. The van der Waals surface area contributed by atoms with Crippen LogP contribution < -0.4 is 10.0 Å². The molecule has 0 saturated heterocycles. The second kappa shape index (κ2) is 8.28. The molecule has 0 saturated carbocycles. The maximum absolute atomic E-state index is 12.6. The molecule has 0 aliphatic heterocycles. The summed E-state index contributed by atoms with van der Waals surface area (Å²) in [5, 5.41) is 13.7. The van der Waals surface area contributed by atoms with E-state index in [0.717, 1.165) is 6.07 Å². The second-order valence-corrected chi connectivity index (χ2v) is 7.76. The fourth-order valence-corrected chi connectivity index (χ4v) is 3.84. The first kappa shape index (κ1) is 20.5. The topological polar surface area (TPSA) is 118 Å². The number of benzene rings is 2. The Morgan fingerprint density at radius 1 is 1.15 bits per heavy atom. The summed E-state index contributed by atoms with van der Waals surface area (Å²) in [6.45, 7) is 5.57. The molecule has 0 atom stereocenters. The molecule has 1 amide bonds. The SMILES string of the molecule is CCNC(=O)c1ccc(CNS(=O)(=O)c2cc([N+](=O)[O-])cc(C)c2C)cc1. The van der Waals surface area contributed by atoms with E-state index in [1.807, 2.05) is 6.92 Å². The van der Waals surface area contributed by atoms with E-state index in [0.29, 0.717) is 28.8 Å². The Bertz CT molecular complexity index is 969. The van der Waals surface area contributed by atoms with Crippen LogP contribution in [0.2, 0.25) is 0 Å². The summed E-state index contributed by atoms with van der Waals surface area (Å²) in [6.07, 6.45) is 0. The van der Waals surface area contributed by atoms with Crippen molar-refractivity contribution < 1.29 is 18.1 Å². The van der Waals surface area contributed by atoms with Gasteiger partial charge in [0.15, 0.2) is 0 Å². The molecule has 2 aromatic rings. The third kappa shape index (κ3) is 4.89. The molecule has 144 valence electrons. The quantitative estimate of drug-likeness (QED) is 0.555. The Labute approximate surface area is 157 Å². The van der Waals surface area contributed by atoms with Crippen molar-refractivity contribution in [3.05, 3.63) is 68.8 Å². The van der Waals surface area contributed by atoms with Crippen molar-refractivity contribution in [3.63, 3.8) is 0 Å². The monoisotopic (exact) mass is 391 g/mol. The lowest BCUT2D eigenvalue weighted by Crippen LogP contribution is -2.25. The molecule has 0 unspecified atom stereocenters. The lowest BCUT2D eigenvalue weighted by atomic mass is 10.1. The van der Waals surface area contributed by atoms with Gasteiger partial charge in [0, 0.05) is 30.8 Å². The molecule has 0 aromatic heterocycles. The number of amides is 1. The van der Waals surface area contributed by atoms with Gasteiger partial charge in [0.1, 0.15) is 0 Å². The molecule has 9 heteroatoms. The van der Waals surface area contributed by atoms with Crippen LogP contribution in [0, 0.1) is 24.0 Å². The van der Waals surface area contributed by atoms with Crippen molar-refractivity contribution in [1.82, 2.24) is 10.0 Å². The summed E-state index contributed by atoms with van der Waals surface area (Å²) >= 11 is 0. The van der Waals surface area contributed by atoms with Crippen molar-refractivity contribution in [3.8, 4) is 0 Å². The van der Waals surface area contributed by atoms with Crippen LogP contribution in [-0.4, -0.2) is 25.8 Å². The zero-order chi connectivity index (χ0) is 20.2. The highest BCUT2D eigenvalue weighted by Crippen LogP contribution is 2.25. The Balaban J connectivity index is 2.20. The van der Waals surface area contributed by atoms with E-state index < -0.39 is 14.9 Å². The maximum atomic E-state index is 12.6. The first-order valence-corrected chi connectivity index (χ1v) is 9.76. The average Bonchev–Trinajstić information content (AvgIpc) is 2.62. The average molecular weight is 391 g/mol. The van der Waals surface area contributed by atoms with Crippen molar-refractivity contribution >= 4 is 21.6 Å². The third-order valence-electron chi connectivity index (χ3n) is 4.12. The van der Waals surface area contributed by atoms with Crippen LogP contribution in [0.5, 0.6) is 0 Å². The molecule has 0 aliphatic carbocycles. The number of hydrogen-bond donors (Lipinski definition) is 2. The van der Waals surface area contributed by atoms with Crippen LogP contribution in [0.15, 0.2) is 41.3 Å².